The van der Waals surface area contributed by atoms with Gasteiger partial charge in [-0.1, -0.05) is 41.5 Å². The smallest absolute Gasteiger partial charge is 0.306 e. The number of rotatable bonds is 0. The average Bonchev–Trinajstić information content (AvgIpc) is 2.28. The van der Waals surface area contributed by atoms with E-state index in [0.29, 0.717) is 6.42 Å². The van der Waals surface area contributed by atoms with Gasteiger partial charge in [0.15, 0.2) is 0 Å². The Morgan fingerprint density at radius 1 is 1.07 bits per heavy atom. The fraction of sp³-hybridized carbons (Fsp3) is 0.917. The summed E-state index contributed by atoms with van der Waals surface area (Å²) in [6, 6.07) is 0. The lowest BCUT2D eigenvalue weighted by atomic mass is 9.61. The monoisotopic (exact) mass is 198 g/mol. The van der Waals surface area contributed by atoms with Crippen molar-refractivity contribution in [2.75, 3.05) is 0 Å². The molecule has 1 heterocycles. The number of esters is 1. The molecule has 0 bridgehead atoms. The Balaban J connectivity index is 3.12. The highest BCUT2D eigenvalue weighted by atomic mass is 16.6. The van der Waals surface area contributed by atoms with Gasteiger partial charge in [-0.2, -0.15) is 0 Å². The van der Waals surface area contributed by atoms with Crippen LogP contribution in [-0.4, -0.2) is 11.6 Å². The molecule has 14 heavy (non-hydrogen) atoms. The second kappa shape index (κ2) is 2.98. The number of cyclic esters (lactones) is 1. The molecule has 0 aliphatic carbocycles. The molecule has 0 aromatic carbocycles. The zero-order valence-corrected chi connectivity index (χ0v) is 10.2. The van der Waals surface area contributed by atoms with Gasteiger partial charge >= 0.3 is 5.97 Å². The first-order chi connectivity index (χ1) is 6.10. The van der Waals surface area contributed by atoms with Crippen LogP contribution >= 0.6 is 0 Å². The van der Waals surface area contributed by atoms with Gasteiger partial charge in [0.25, 0.3) is 0 Å². The summed E-state index contributed by atoms with van der Waals surface area (Å²) in [5.74, 6) is -0.0464. The van der Waals surface area contributed by atoms with Gasteiger partial charge in [-0.25, -0.2) is 0 Å². The molecule has 0 radical (unpaired) electrons. The lowest BCUT2D eigenvalue weighted by molar-refractivity contribution is -0.177. The van der Waals surface area contributed by atoms with Gasteiger partial charge in [0.05, 0.1) is 0 Å². The van der Waals surface area contributed by atoms with E-state index in [-0.39, 0.29) is 22.4 Å². The largest absolute Gasteiger partial charge is 0.458 e. The standard InChI is InChI=1S/C12H22O2/c1-10(2,3)12(11(4,5)6)8-7-9(13)14-12/h7-8H2,1-6H3. The van der Waals surface area contributed by atoms with Crippen LogP contribution in [0.15, 0.2) is 0 Å². The summed E-state index contributed by atoms with van der Waals surface area (Å²) in [4.78, 5) is 11.3. The Hall–Kier alpha value is -0.530. The molecule has 1 rings (SSSR count). The van der Waals surface area contributed by atoms with Crippen LogP contribution in [0.3, 0.4) is 0 Å². The summed E-state index contributed by atoms with van der Waals surface area (Å²) < 4.78 is 5.64. The number of hydrogen-bond donors (Lipinski definition) is 0. The van der Waals surface area contributed by atoms with Crippen LogP contribution in [0, 0.1) is 10.8 Å². The molecule has 1 aliphatic rings. The van der Waals surface area contributed by atoms with Gasteiger partial charge in [0, 0.05) is 17.3 Å². The molecule has 0 aromatic rings. The van der Waals surface area contributed by atoms with E-state index in [1.165, 1.54) is 0 Å². The lowest BCUT2D eigenvalue weighted by Crippen LogP contribution is -2.52. The summed E-state index contributed by atoms with van der Waals surface area (Å²) in [6.07, 6.45) is 1.41. The van der Waals surface area contributed by atoms with Crippen LogP contribution in [0.4, 0.5) is 0 Å². The number of carbonyl (C=O) groups excluding carboxylic acids is 1. The van der Waals surface area contributed by atoms with E-state index >= 15 is 0 Å². The van der Waals surface area contributed by atoms with Crippen molar-refractivity contribution in [3.05, 3.63) is 0 Å². The maximum absolute atomic E-state index is 11.3. The summed E-state index contributed by atoms with van der Waals surface area (Å²) in [6.45, 7) is 12.9. The van der Waals surface area contributed by atoms with Crippen molar-refractivity contribution in [3.8, 4) is 0 Å². The second-order valence-electron chi connectivity index (χ2n) is 6.30. The summed E-state index contributed by atoms with van der Waals surface area (Å²) >= 11 is 0. The Morgan fingerprint density at radius 2 is 1.50 bits per heavy atom. The first-order valence-electron chi connectivity index (χ1n) is 5.32. The molecule has 1 fully saturated rings. The zero-order valence-electron chi connectivity index (χ0n) is 10.2. The highest BCUT2D eigenvalue weighted by molar-refractivity contribution is 5.72. The third kappa shape index (κ3) is 1.55. The Kier molecular flexibility index (Phi) is 2.46. The number of ether oxygens (including phenoxy) is 1. The molecule has 0 N–H and O–H groups in total. The second-order valence-corrected chi connectivity index (χ2v) is 6.30. The average molecular weight is 198 g/mol. The predicted molar refractivity (Wildman–Crippen MR) is 57.0 cm³/mol. The Morgan fingerprint density at radius 3 is 1.64 bits per heavy atom. The van der Waals surface area contributed by atoms with Crippen LogP contribution in [0.25, 0.3) is 0 Å². The van der Waals surface area contributed by atoms with Crippen molar-refractivity contribution in [2.24, 2.45) is 10.8 Å². The summed E-state index contributed by atoms with van der Waals surface area (Å²) in [5.41, 5.74) is -0.314. The molecule has 2 heteroatoms. The van der Waals surface area contributed by atoms with Gasteiger partial charge in [0.2, 0.25) is 0 Å². The minimum atomic E-state index is -0.308. The van der Waals surface area contributed by atoms with Crippen LogP contribution in [-0.2, 0) is 9.53 Å². The molecule has 0 aromatic heterocycles. The molecule has 0 atom stereocenters. The number of carbonyl (C=O) groups is 1. The molecule has 0 saturated carbocycles. The topological polar surface area (TPSA) is 26.3 Å². The van der Waals surface area contributed by atoms with Crippen molar-refractivity contribution in [1.29, 1.82) is 0 Å². The van der Waals surface area contributed by atoms with E-state index < -0.39 is 0 Å². The van der Waals surface area contributed by atoms with Gasteiger partial charge in [-0.15, -0.1) is 0 Å². The highest BCUT2D eigenvalue weighted by Crippen LogP contribution is 2.52. The van der Waals surface area contributed by atoms with E-state index in [0.717, 1.165) is 6.42 Å². The minimum absolute atomic E-state index is 0.00257. The highest BCUT2D eigenvalue weighted by Gasteiger charge is 2.56. The van der Waals surface area contributed by atoms with E-state index in [1.807, 2.05) is 0 Å². The third-order valence-corrected chi connectivity index (χ3v) is 3.39. The fourth-order valence-corrected chi connectivity index (χ4v) is 2.76. The van der Waals surface area contributed by atoms with Gasteiger partial charge < -0.3 is 4.74 Å². The van der Waals surface area contributed by atoms with Crippen molar-refractivity contribution in [2.45, 2.75) is 60.0 Å². The molecule has 0 unspecified atom stereocenters. The lowest BCUT2D eigenvalue weighted by Gasteiger charge is -2.49. The predicted octanol–water partition coefficient (Wildman–Crippen LogP) is 3.15. The van der Waals surface area contributed by atoms with E-state index in [1.54, 1.807) is 0 Å². The van der Waals surface area contributed by atoms with Gasteiger partial charge in [0.1, 0.15) is 5.60 Å². The van der Waals surface area contributed by atoms with Gasteiger partial charge in [-0.05, 0) is 6.42 Å². The maximum atomic E-state index is 11.3. The molecular formula is C12H22O2. The first kappa shape index (κ1) is 11.5. The molecular weight excluding hydrogens is 176 g/mol. The molecule has 0 spiro atoms. The molecule has 82 valence electrons. The Bertz CT molecular complexity index is 226. The van der Waals surface area contributed by atoms with Crippen molar-refractivity contribution < 1.29 is 9.53 Å². The van der Waals surface area contributed by atoms with Crippen molar-refractivity contribution in [1.82, 2.24) is 0 Å². The molecule has 1 saturated heterocycles. The van der Waals surface area contributed by atoms with E-state index in [9.17, 15) is 4.79 Å². The van der Waals surface area contributed by atoms with Crippen LogP contribution in [0.2, 0.25) is 0 Å². The third-order valence-electron chi connectivity index (χ3n) is 3.39. The van der Waals surface area contributed by atoms with Gasteiger partial charge in [-0.3, -0.25) is 4.79 Å². The zero-order chi connectivity index (χ0) is 11.2. The van der Waals surface area contributed by atoms with Crippen LogP contribution < -0.4 is 0 Å². The van der Waals surface area contributed by atoms with Crippen LogP contribution in [0.1, 0.15) is 54.4 Å². The normalized spacial score (nSPS) is 22.3. The minimum Gasteiger partial charge on any atom is -0.458 e. The van der Waals surface area contributed by atoms with E-state index in [4.69, 9.17) is 4.74 Å². The van der Waals surface area contributed by atoms with Crippen molar-refractivity contribution >= 4 is 5.97 Å². The molecule has 1 aliphatic heterocycles. The first-order valence-corrected chi connectivity index (χ1v) is 5.32. The summed E-state index contributed by atoms with van der Waals surface area (Å²) in [7, 11) is 0. The van der Waals surface area contributed by atoms with Crippen molar-refractivity contribution in [3.63, 3.8) is 0 Å². The fourth-order valence-electron chi connectivity index (χ4n) is 2.76. The SMILES string of the molecule is CC(C)(C)C1(C(C)(C)C)CCC(=O)O1. The molecule has 0 amide bonds. The Labute approximate surface area is 87.0 Å². The van der Waals surface area contributed by atoms with E-state index in [2.05, 4.69) is 41.5 Å². The maximum Gasteiger partial charge on any atom is 0.306 e. The number of hydrogen-bond acceptors (Lipinski definition) is 2. The molecule has 2 nitrogen and oxygen atoms in total. The van der Waals surface area contributed by atoms with Crippen LogP contribution in [0.5, 0.6) is 0 Å². The quantitative estimate of drug-likeness (QED) is 0.559. The summed E-state index contributed by atoms with van der Waals surface area (Å²) in [5, 5.41) is 0.